The summed E-state index contributed by atoms with van der Waals surface area (Å²) in [6.45, 7) is 36.6. The van der Waals surface area contributed by atoms with Crippen molar-refractivity contribution in [1.29, 1.82) is 0 Å². The molecule has 0 atom stereocenters. The van der Waals surface area contributed by atoms with Crippen LogP contribution in [0.5, 0.6) is 0 Å². The molecular formula is C50H64HfSi. The van der Waals surface area contributed by atoms with Gasteiger partial charge in [0.05, 0.1) is 0 Å². The van der Waals surface area contributed by atoms with Crippen LogP contribution in [0.1, 0.15) is 116 Å². The van der Waals surface area contributed by atoms with E-state index in [1.807, 2.05) is 0 Å². The quantitative estimate of drug-likeness (QED) is 0.120. The molecule has 0 aliphatic heterocycles. The second kappa shape index (κ2) is 15.9. The van der Waals surface area contributed by atoms with Gasteiger partial charge in [0.1, 0.15) is 0 Å². The van der Waals surface area contributed by atoms with E-state index in [0.717, 1.165) is 0 Å². The average molecular weight is 872 g/mol. The van der Waals surface area contributed by atoms with E-state index in [0.29, 0.717) is 0 Å². The van der Waals surface area contributed by atoms with Crippen molar-refractivity contribution in [3.8, 4) is 22.3 Å². The Morgan fingerprint density at radius 3 is 0.962 bits per heavy atom. The zero-order chi connectivity index (χ0) is 39.0. The van der Waals surface area contributed by atoms with Gasteiger partial charge in [-0.05, 0) is 55.0 Å². The molecule has 6 aromatic carbocycles. The van der Waals surface area contributed by atoms with Gasteiger partial charge < -0.3 is 0 Å². The summed E-state index contributed by atoms with van der Waals surface area (Å²) >= 11 is 1.45. The van der Waals surface area contributed by atoms with Gasteiger partial charge in [0.2, 0.25) is 0 Å². The molecule has 272 valence electrons. The fourth-order valence-electron chi connectivity index (χ4n) is 6.57. The molecule has 0 aliphatic rings. The van der Waals surface area contributed by atoms with Gasteiger partial charge in [-0.1, -0.05) is 157 Å². The molecule has 0 aliphatic carbocycles. The van der Waals surface area contributed by atoms with E-state index in [4.69, 9.17) is 0 Å². The molecule has 0 radical (unpaired) electrons. The van der Waals surface area contributed by atoms with E-state index in [1.165, 1.54) is 100 Å². The predicted molar refractivity (Wildman–Crippen MR) is 232 cm³/mol. The van der Waals surface area contributed by atoms with E-state index < -0.39 is 0 Å². The van der Waals surface area contributed by atoms with Crippen molar-refractivity contribution in [3.05, 3.63) is 130 Å². The molecule has 0 spiro atoms. The summed E-state index contributed by atoms with van der Waals surface area (Å²) in [5.74, 6) is 0. The molecule has 0 unspecified atom stereocenters. The number of hydrogen-bond donors (Lipinski definition) is 0. The van der Waals surface area contributed by atoms with Crippen molar-refractivity contribution >= 4 is 27.0 Å². The monoisotopic (exact) mass is 872 g/mol. The first kappa shape index (κ1) is 41.9. The van der Waals surface area contributed by atoms with Crippen LogP contribution in [-0.2, 0) is 44.7 Å². The minimum Gasteiger partial charge on any atom is -0.165 e. The van der Waals surface area contributed by atoms with Crippen LogP contribution in [0.25, 0.3) is 43.8 Å². The van der Waals surface area contributed by atoms with Gasteiger partial charge in [-0.2, -0.15) is 12.1 Å². The smallest absolute Gasteiger partial charge is 0.0132 e. The number of aryl methyl sites for hydroxylation is 2. The summed E-state index contributed by atoms with van der Waals surface area (Å²) in [4.78, 5) is 0. The molecule has 0 saturated carbocycles. The van der Waals surface area contributed by atoms with Crippen LogP contribution in [0.3, 0.4) is 0 Å². The van der Waals surface area contributed by atoms with Crippen LogP contribution in [0.2, 0.25) is 13.1 Å². The van der Waals surface area contributed by atoms with Crippen LogP contribution in [0, 0.1) is 13.8 Å². The van der Waals surface area contributed by atoms with Gasteiger partial charge in [-0.25, -0.2) is 0 Å². The summed E-state index contributed by atoms with van der Waals surface area (Å²) < 4.78 is 0. The number of fused-ring (bicyclic) bond motifs is 2. The number of benzene rings is 4. The Bertz CT molecular complexity index is 1950. The molecule has 6 aromatic rings. The third-order valence-electron chi connectivity index (χ3n) is 9.74. The van der Waals surface area contributed by atoms with Gasteiger partial charge in [0.25, 0.3) is 0 Å². The van der Waals surface area contributed by atoms with Gasteiger partial charge in [-0.15, -0.1) is 69.1 Å². The van der Waals surface area contributed by atoms with Crippen LogP contribution in [0.4, 0.5) is 0 Å². The maximum Gasteiger partial charge on any atom is -0.0132 e. The van der Waals surface area contributed by atoms with Crippen LogP contribution in [-0.4, -0.2) is 5.49 Å². The molecular weight excluding hydrogens is 807 g/mol. The zero-order valence-electron chi connectivity index (χ0n) is 35.2. The molecule has 0 N–H and O–H groups in total. The van der Waals surface area contributed by atoms with Crippen LogP contribution in [0.15, 0.2) is 97.1 Å². The van der Waals surface area contributed by atoms with Crippen molar-refractivity contribution in [2.75, 3.05) is 0 Å². The normalized spacial score (nSPS) is 12.3. The van der Waals surface area contributed by atoms with Crippen molar-refractivity contribution in [2.45, 2.75) is 132 Å². The van der Waals surface area contributed by atoms with E-state index in [-0.39, 0.29) is 27.2 Å². The fourth-order valence-corrected chi connectivity index (χ4v) is 6.57. The topological polar surface area (TPSA) is 0 Å². The first-order valence-corrected chi connectivity index (χ1v) is 26.9. The Morgan fingerprint density at radius 1 is 0.442 bits per heavy atom. The summed E-state index contributed by atoms with van der Waals surface area (Å²) in [7, 11) is 0. The number of hydrogen-bond acceptors (Lipinski definition) is 0. The molecule has 0 fully saturated rings. The van der Waals surface area contributed by atoms with Gasteiger partial charge >= 0.3 is 41.6 Å². The molecule has 0 saturated heterocycles. The Labute approximate surface area is 332 Å². The van der Waals surface area contributed by atoms with Crippen molar-refractivity contribution in [1.82, 2.24) is 0 Å². The third-order valence-corrected chi connectivity index (χ3v) is 9.74. The van der Waals surface area contributed by atoms with E-state index in [2.05, 4.69) is 207 Å². The minimum absolute atomic E-state index is 0.145. The average Bonchev–Trinajstić information content (AvgIpc) is 3.59. The molecule has 0 heterocycles. The molecule has 0 amide bonds. The largest absolute Gasteiger partial charge is 0.165 e. The Balaban J connectivity index is 0.000000211. The standard InChI is InChI=1S/2C24H29.C2H6Si.Hf/c2*1-16-11-17-9-8-10-21(22(17)12-16)18-13-19(23(2,3)4)15-20(14-18)24(5,6)7;1-3-2;/h2*8-15H,1-7H3;1-2H3;/q2*-1;;+2. The van der Waals surface area contributed by atoms with Gasteiger partial charge in [-0.3, -0.25) is 0 Å². The van der Waals surface area contributed by atoms with E-state index >= 15 is 0 Å². The second-order valence-corrected chi connectivity index (χ2v) is 32.1. The minimum atomic E-state index is 0.145. The molecule has 0 bridgehead atoms. The summed E-state index contributed by atoms with van der Waals surface area (Å²) in [5.41, 5.74) is 14.5. The maximum absolute atomic E-state index is 2.39. The van der Waals surface area contributed by atoms with Crippen molar-refractivity contribution < 1.29 is 23.0 Å². The molecule has 0 nitrogen and oxygen atoms in total. The Hall–Kier alpha value is -2.81. The molecule has 2 heteroatoms. The van der Waals surface area contributed by atoms with Crippen molar-refractivity contribution in [3.63, 3.8) is 0 Å². The van der Waals surface area contributed by atoms with Gasteiger partial charge in [0.15, 0.2) is 0 Å². The van der Waals surface area contributed by atoms with E-state index in [1.54, 1.807) is 0 Å². The SMILES string of the molecule is C[Si](C)=[Hf+2].Cc1cc2c(-c3cc(C(C)(C)C)cc(C(C)(C)C)c3)cccc2[cH-]1.Cc1cc2c(-c3cc(C(C)(C)C)cc(C(C)(C)C)c3)cccc2[cH-]1. The van der Waals surface area contributed by atoms with Crippen LogP contribution < -0.4 is 0 Å². The first-order chi connectivity index (χ1) is 23.8. The van der Waals surface area contributed by atoms with E-state index in [9.17, 15) is 0 Å². The summed E-state index contributed by atoms with van der Waals surface area (Å²) in [5, 5.41) is 5.40. The van der Waals surface area contributed by atoms with Crippen LogP contribution >= 0.6 is 0 Å². The fraction of sp³-hybridized carbons (Fsp3) is 0.400. The second-order valence-electron chi connectivity index (χ2n) is 19.3. The summed E-state index contributed by atoms with van der Waals surface area (Å²) in [6.07, 6.45) is 0. The number of rotatable bonds is 2. The third kappa shape index (κ3) is 10.7. The zero-order valence-corrected chi connectivity index (χ0v) is 39.8. The predicted octanol–water partition coefficient (Wildman–Crippen LogP) is 15.0. The molecule has 6 rings (SSSR count). The van der Waals surface area contributed by atoms with Crippen molar-refractivity contribution in [2.24, 2.45) is 0 Å². The maximum atomic E-state index is 2.39. The Kier molecular flexibility index (Phi) is 12.8. The Morgan fingerprint density at radius 2 is 0.712 bits per heavy atom. The van der Waals surface area contributed by atoms with Gasteiger partial charge in [0, 0.05) is 0 Å². The molecule has 0 aromatic heterocycles. The molecule has 52 heavy (non-hydrogen) atoms. The first-order valence-electron chi connectivity index (χ1n) is 19.0. The summed E-state index contributed by atoms with van der Waals surface area (Å²) in [6, 6.07) is 36.8.